The maximum Gasteiger partial charge on any atom is 0.253 e. The van der Waals surface area contributed by atoms with Crippen molar-refractivity contribution in [2.75, 3.05) is 19.6 Å². The normalized spacial score (nSPS) is 24.6. The second-order valence-corrected chi connectivity index (χ2v) is 8.64. The molecule has 142 valence electrons. The minimum atomic E-state index is -0.542. The number of hydrogen-bond acceptors (Lipinski definition) is 3. The third kappa shape index (κ3) is 3.37. The summed E-state index contributed by atoms with van der Waals surface area (Å²) in [5.74, 6) is 0.0752. The van der Waals surface area contributed by atoms with Gasteiger partial charge in [-0.05, 0) is 57.6 Å². The van der Waals surface area contributed by atoms with Gasteiger partial charge in [-0.3, -0.25) is 9.59 Å². The first-order valence-electron chi connectivity index (χ1n) is 9.47. The Hall–Kier alpha value is -1.88. The van der Waals surface area contributed by atoms with Gasteiger partial charge < -0.3 is 14.9 Å². The molecule has 0 unspecified atom stereocenters. The van der Waals surface area contributed by atoms with Crippen molar-refractivity contribution in [1.82, 2.24) is 9.80 Å². The Labute approximate surface area is 156 Å². The molecule has 5 nitrogen and oxygen atoms in total. The van der Waals surface area contributed by atoms with Crippen LogP contribution in [0.4, 0.5) is 0 Å². The van der Waals surface area contributed by atoms with Crippen LogP contribution in [0.2, 0.25) is 0 Å². The van der Waals surface area contributed by atoms with Crippen LogP contribution in [0.1, 0.15) is 56.0 Å². The summed E-state index contributed by atoms with van der Waals surface area (Å²) in [6, 6.07) is 7.69. The van der Waals surface area contributed by atoms with Crippen LogP contribution in [0.5, 0.6) is 0 Å². The lowest BCUT2D eigenvalue weighted by atomic mass is 9.67. The van der Waals surface area contributed by atoms with Crippen LogP contribution < -0.4 is 0 Å². The number of piperidine rings is 2. The molecule has 0 aliphatic carbocycles. The number of hydrogen-bond donors (Lipinski definition) is 1. The molecule has 2 amide bonds. The van der Waals surface area contributed by atoms with E-state index < -0.39 is 11.6 Å². The number of aryl methyl sites for hydroxylation is 1. The molecule has 2 heterocycles. The summed E-state index contributed by atoms with van der Waals surface area (Å²) in [6.45, 7) is 9.46. The van der Waals surface area contributed by atoms with E-state index in [9.17, 15) is 14.7 Å². The molecule has 2 saturated heterocycles. The molecule has 1 N–H and O–H groups in total. The van der Waals surface area contributed by atoms with Crippen molar-refractivity contribution in [3.05, 3.63) is 35.4 Å². The SMILES string of the molecule is CC(=O)N1CC2(CCN(C(=O)c3ccc(C)cc3)CC2)C[C@H](O)C1(C)C. The molecular weight excluding hydrogens is 328 g/mol. The van der Waals surface area contributed by atoms with Crippen molar-refractivity contribution in [2.45, 2.75) is 58.6 Å². The van der Waals surface area contributed by atoms with Crippen LogP contribution in [0.3, 0.4) is 0 Å². The molecule has 2 aliphatic rings. The molecule has 1 atom stereocenters. The van der Waals surface area contributed by atoms with Gasteiger partial charge in [0, 0.05) is 32.1 Å². The average Bonchev–Trinajstić information content (AvgIpc) is 2.59. The monoisotopic (exact) mass is 358 g/mol. The average molecular weight is 358 g/mol. The highest BCUT2D eigenvalue weighted by Crippen LogP contribution is 2.45. The maximum atomic E-state index is 12.7. The Balaban J connectivity index is 1.70. The summed E-state index contributed by atoms with van der Waals surface area (Å²) in [7, 11) is 0. The second-order valence-electron chi connectivity index (χ2n) is 8.64. The smallest absolute Gasteiger partial charge is 0.253 e. The van der Waals surface area contributed by atoms with Crippen molar-refractivity contribution in [3.8, 4) is 0 Å². The number of rotatable bonds is 1. The van der Waals surface area contributed by atoms with Gasteiger partial charge in [-0.2, -0.15) is 0 Å². The molecular formula is C21H30N2O3. The molecule has 0 saturated carbocycles. The van der Waals surface area contributed by atoms with Gasteiger partial charge in [-0.1, -0.05) is 17.7 Å². The Morgan fingerprint density at radius 1 is 1.12 bits per heavy atom. The minimum absolute atomic E-state index is 0.00582. The molecule has 1 aromatic rings. The van der Waals surface area contributed by atoms with Crippen molar-refractivity contribution >= 4 is 11.8 Å². The number of carbonyl (C=O) groups is 2. The fraction of sp³-hybridized carbons (Fsp3) is 0.619. The van der Waals surface area contributed by atoms with Crippen molar-refractivity contribution in [3.63, 3.8) is 0 Å². The first-order valence-corrected chi connectivity index (χ1v) is 9.47. The first-order chi connectivity index (χ1) is 12.1. The summed E-state index contributed by atoms with van der Waals surface area (Å²) < 4.78 is 0. The fourth-order valence-electron chi connectivity index (χ4n) is 4.39. The van der Waals surface area contributed by atoms with E-state index in [0.29, 0.717) is 26.1 Å². The summed E-state index contributed by atoms with van der Waals surface area (Å²) >= 11 is 0. The van der Waals surface area contributed by atoms with E-state index in [1.165, 1.54) is 0 Å². The van der Waals surface area contributed by atoms with E-state index in [1.54, 1.807) is 6.92 Å². The molecule has 1 spiro atoms. The zero-order valence-electron chi connectivity index (χ0n) is 16.3. The molecule has 1 aromatic carbocycles. The van der Waals surface area contributed by atoms with Crippen LogP contribution in [0, 0.1) is 12.3 Å². The lowest BCUT2D eigenvalue weighted by molar-refractivity contribution is -0.156. The van der Waals surface area contributed by atoms with Gasteiger partial charge in [0.1, 0.15) is 0 Å². The van der Waals surface area contributed by atoms with Gasteiger partial charge in [-0.15, -0.1) is 0 Å². The van der Waals surface area contributed by atoms with Crippen LogP contribution in [0.25, 0.3) is 0 Å². The van der Waals surface area contributed by atoms with Crippen molar-refractivity contribution in [2.24, 2.45) is 5.41 Å². The number of nitrogens with zero attached hydrogens (tertiary/aromatic N) is 2. The molecule has 0 aromatic heterocycles. The summed E-state index contributed by atoms with van der Waals surface area (Å²) in [5, 5.41) is 10.7. The zero-order valence-corrected chi connectivity index (χ0v) is 16.3. The molecule has 5 heteroatoms. The third-order valence-corrected chi connectivity index (χ3v) is 6.42. The first kappa shape index (κ1) is 18.9. The van der Waals surface area contributed by atoms with Crippen LogP contribution in [-0.2, 0) is 4.79 Å². The number of benzene rings is 1. The van der Waals surface area contributed by atoms with Crippen molar-refractivity contribution in [1.29, 1.82) is 0 Å². The standard InChI is InChI=1S/C21H30N2O3/c1-15-5-7-17(8-6-15)19(26)22-11-9-21(10-12-22)13-18(25)20(3,4)23(14-21)16(2)24/h5-8,18,25H,9-14H2,1-4H3/t18-/m0/s1. The van der Waals surface area contributed by atoms with Gasteiger partial charge in [-0.25, -0.2) is 0 Å². The molecule has 3 rings (SSSR count). The highest BCUT2D eigenvalue weighted by molar-refractivity contribution is 5.94. The fourth-order valence-corrected chi connectivity index (χ4v) is 4.39. The number of aliphatic hydroxyl groups is 1. The number of amides is 2. The summed E-state index contributed by atoms with van der Waals surface area (Å²) in [6.07, 6.45) is 1.79. The summed E-state index contributed by atoms with van der Waals surface area (Å²) in [4.78, 5) is 28.6. The lowest BCUT2D eigenvalue weighted by Crippen LogP contribution is -2.64. The highest BCUT2D eigenvalue weighted by Gasteiger charge is 2.50. The largest absolute Gasteiger partial charge is 0.391 e. The Morgan fingerprint density at radius 2 is 1.69 bits per heavy atom. The van der Waals surface area contributed by atoms with Gasteiger partial charge >= 0.3 is 0 Å². The number of likely N-dealkylation sites (tertiary alicyclic amines) is 2. The van der Waals surface area contributed by atoms with Gasteiger partial charge in [0.25, 0.3) is 5.91 Å². The van der Waals surface area contributed by atoms with E-state index >= 15 is 0 Å². The Kier molecular flexibility index (Phi) is 4.86. The predicted octanol–water partition coefficient (Wildman–Crippen LogP) is 2.61. The molecule has 2 aliphatic heterocycles. The Bertz CT molecular complexity index is 688. The highest BCUT2D eigenvalue weighted by atomic mass is 16.3. The summed E-state index contributed by atoms with van der Waals surface area (Å²) in [5.41, 5.74) is 1.24. The second kappa shape index (κ2) is 6.69. The van der Waals surface area contributed by atoms with E-state index in [0.717, 1.165) is 24.0 Å². The van der Waals surface area contributed by atoms with Crippen LogP contribution >= 0.6 is 0 Å². The van der Waals surface area contributed by atoms with E-state index in [-0.39, 0.29) is 17.2 Å². The molecule has 0 bridgehead atoms. The minimum Gasteiger partial charge on any atom is -0.391 e. The zero-order chi connectivity index (χ0) is 19.1. The third-order valence-electron chi connectivity index (χ3n) is 6.42. The molecule has 0 radical (unpaired) electrons. The molecule has 2 fully saturated rings. The predicted molar refractivity (Wildman–Crippen MR) is 101 cm³/mol. The van der Waals surface area contributed by atoms with Crippen LogP contribution in [0.15, 0.2) is 24.3 Å². The number of aliphatic hydroxyl groups excluding tert-OH is 1. The van der Waals surface area contributed by atoms with E-state index in [1.807, 2.05) is 54.8 Å². The van der Waals surface area contributed by atoms with Crippen LogP contribution in [-0.4, -0.2) is 58.0 Å². The Morgan fingerprint density at radius 3 is 2.23 bits per heavy atom. The van der Waals surface area contributed by atoms with E-state index in [4.69, 9.17) is 0 Å². The quantitative estimate of drug-likeness (QED) is 0.839. The topological polar surface area (TPSA) is 60.9 Å². The van der Waals surface area contributed by atoms with E-state index in [2.05, 4.69) is 0 Å². The lowest BCUT2D eigenvalue weighted by Gasteiger charge is -2.55. The van der Waals surface area contributed by atoms with Gasteiger partial charge in [0.2, 0.25) is 5.91 Å². The van der Waals surface area contributed by atoms with Gasteiger partial charge in [0.15, 0.2) is 0 Å². The van der Waals surface area contributed by atoms with Crippen molar-refractivity contribution < 1.29 is 14.7 Å². The molecule has 26 heavy (non-hydrogen) atoms. The van der Waals surface area contributed by atoms with Gasteiger partial charge in [0.05, 0.1) is 11.6 Å². The maximum absolute atomic E-state index is 12.7. The number of carbonyl (C=O) groups excluding carboxylic acids is 2.